The van der Waals surface area contributed by atoms with E-state index in [1.807, 2.05) is 39.0 Å². The van der Waals surface area contributed by atoms with E-state index in [4.69, 9.17) is 27.6 Å². The highest BCUT2D eigenvalue weighted by Crippen LogP contribution is 2.27. The molecule has 5 heteroatoms. The Hall–Kier alpha value is -1.81. The van der Waals surface area contributed by atoms with Crippen LogP contribution < -0.4 is 10.9 Å². The van der Waals surface area contributed by atoms with Gasteiger partial charge in [-0.3, -0.25) is 0 Å². The summed E-state index contributed by atoms with van der Waals surface area (Å²) in [6.45, 7) is 6.61. The molecule has 0 spiro atoms. The Balaban J connectivity index is 1.90. The SMILES string of the molecule is Cc1cc2oc(=O)cc(CN[C@H](C)c3ccc(Cl)cc3Cl)c2cc1C. The standard InChI is InChI=1S/C20H19Cl2NO2/c1-11-6-17-14(8-20(24)25-19(17)7-12(11)2)10-23-13(3)16-5-4-15(21)9-18(16)22/h4-9,13,23H,10H2,1-3H3/t13-/m1/s1. The van der Waals surface area contributed by atoms with Crippen molar-refractivity contribution in [1.29, 1.82) is 0 Å². The van der Waals surface area contributed by atoms with Gasteiger partial charge >= 0.3 is 5.63 Å². The number of nitrogens with one attached hydrogen (secondary N) is 1. The zero-order valence-electron chi connectivity index (χ0n) is 14.3. The van der Waals surface area contributed by atoms with E-state index >= 15 is 0 Å². The zero-order chi connectivity index (χ0) is 18.1. The quantitative estimate of drug-likeness (QED) is 0.606. The average molecular weight is 376 g/mol. The van der Waals surface area contributed by atoms with E-state index in [9.17, 15) is 4.79 Å². The van der Waals surface area contributed by atoms with E-state index in [0.717, 1.165) is 27.6 Å². The van der Waals surface area contributed by atoms with Gasteiger partial charge in [-0.15, -0.1) is 0 Å². The Morgan fingerprint density at radius 3 is 2.52 bits per heavy atom. The van der Waals surface area contributed by atoms with Crippen molar-refractivity contribution in [2.75, 3.05) is 0 Å². The Bertz CT molecular complexity index is 995. The summed E-state index contributed by atoms with van der Waals surface area (Å²) >= 11 is 12.2. The molecule has 0 aliphatic heterocycles. The number of hydrogen-bond acceptors (Lipinski definition) is 3. The Labute approximate surface area is 156 Å². The minimum absolute atomic E-state index is 0.0126. The Morgan fingerprint density at radius 2 is 1.80 bits per heavy atom. The molecular weight excluding hydrogens is 357 g/mol. The van der Waals surface area contributed by atoms with Gasteiger partial charge in [0.1, 0.15) is 5.58 Å². The number of benzene rings is 2. The fourth-order valence-corrected chi connectivity index (χ4v) is 3.43. The highest BCUT2D eigenvalue weighted by atomic mass is 35.5. The summed E-state index contributed by atoms with van der Waals surface area (Å²) < 4.78 is 5.34. The van der Waals surface area contributed by atoms with Gasteiger partial charge < -0.3 is 9.73 Å². The lowest BCUT2D eigenvalue weighted by Gasteiger charge is -2.17. The monoisotopic (exact) mass is 375 g/mol. The fourth-order valence-electron chi connectivity index (χ4n) is 2.85. The van der Waals surface area contributed by atoms with Crippen LogP contribution >= 0.6 is 23.2 Å². The predicted molar refractivity (Wildman–Crippen MR) is 104 cm³/mol. The first kappa shape index (κ1) is 18.0. The topological polar surface area (TPSA) is 42.2 Å². The van der Waals surface area contributed by atoms with Crippen LogP contribution in [0.3, 0.4) is 0 Å². The minimum atomic E-state index is -0.343. The Kier molecular flexibility index (Phi) is 5.19. The molecule has 0 bridgehead atoms. The molecule has 0 saturated carbocycles. The van der Waals surface area contributed by atoms with Gasteiger partial charge in [0.05, 0.1) is 0 Å². The van der Waals surface area contributed by atoms with E-state index in [0.29, 0.717) is 22.2 Å². The van der Waals surface area contributed by atoms with E-state index in [2.05, 4.69) is 11.4 Å². The van der Waals surface area contributed by atoms with Crippen LogP contribution in [0.25, 0.3) is 11.0 Å². The second-order valence-corrected chi connectivity index (χ2v) is 7.14. The van der Waals surface area contributed by atoms with Crippen molar-refractivity contribution in [2.45, 2.75) is 33.4 Å². The smallest absolute Gasteiger partial charge is 0.336 e. The molecule has 0 aliphatic rings. The molecule has 25 heavy (non-hydrogen) atoms. The van der Waals surface area contributed by atoms with Crippen molar-refractivity contribution in [2.24, 2.45) is 0 Å². The number of halogens is 2. The molecule has 0 fully saturated rings. The molecular formula is C20H19Cl2NO2. The van der Waals surface area contributed by atoms with Crippen LogP contribution in [-0.2, 0) is 6.54 Å². The highest BCUT2D eigenvalue weighted by molar-refractivity contribution is 6.35. The molecule has 0 radical (unpaired) electrons. The second-order valence-electron chi connectivity index (χ2n) is 6.29. The first-order valence-corrected chi connectivity index (χ1v) is 8.83. The van der Waals surface area contributed by atoms with Crippen LogP contribution in [0.15, 0.2) is 45.6 Å². The normalized spacial score (nSPS) is 12.5. The zero-order valence-corrected chi connectivity index (χ0v) is 15.8. The van der Waals surface area contributed by atoms with Crippen LogP contribution in [0.2, 0.25) is 10.0 Å². The van der Waals surface area contributed by atoms with Crippen LogP contribution in [-0.4, -0.2) is 0 Å². The maximum absolute atomic E-state index is 11.9. The summed E-state index contributed by atoms with van der Waals surface area (Å²) in [5, 5.41) is 5.60. The third-order valence-electron chi connectivity index (χ3n) is 4.47. The molecule has 0 amide bonds. The van der Waals surface area contributed by atoms with E-state index in [-0.39, 0.29) is 11.7 Å². The van der Waals surface area contributed by atoms with Crippen LogP contribution in [0.5, 0.6) is 0 Å². The lowest BCUT2D eigenvalue weighted by atomic mass is 10.0. The molecule has 1 aromatic heterocycles. The van der Waals surface area contributed by atoms with Crippen molar-refractivity contribution >= 4 is 34.2 Å². The number of fused-ring (bicyclic) bond motifs is 1. The summed E-state index contributed by atoms with van der Waals surface area (Å²) in [5.41, 5.74) is 4.41. The summed E-state index contributed by atoms with van der Waals surface area (Å²) in [5.74, 6) is 0. The summed E-state index contributed by atoms with van der Waals surface area (Å²) in [6, 6.07) is 11.0. The van der Waals surface area contributed by atoms with Gasteiger partial charge in [-0.1, -0.05) is 29.3 Å². The lowest BCUT2D eigenvalue weighted by Crippen LogP contribution is -2.19. The molecule has 0 aliphatic carbocycles. The predicted octanol–water partition coefficient (Wildman–Crippen LogP) is 5.57. The first-order valence-electron chi connectivity index (χ1n) is 8.07. The maximum Gasteiger partial charge on any atom is 0.336 e. The van der Waals surface area contributed by atoms with Crippen molar-refractivity contribution in [3.8, 4) is 0 Å². The molecule has 3 aromatic rings. The molecule has 0 saturated heterocycles. The molecule has 130 valence electrons. The summed E-state index contributed by atoms with van der Waals surface area (Å²) in [6.07, 6.45) is 0. The minimum Gasteiger partial charge on any atom is -0.423 e. The maximum atomic E-state index is 11.9. The van der Waals surface area contributed by atoms with Gasteiger partial charge in [-0.25, -0.2) is 4.79 Å². The molecule has 2 aromatic carbocycles. The molecule has 1 atom stereocenters. The molecule has 3 rings (SSSR count). The van der Waals surface area contributed by atoms with Crippen LogP contribution in [0, 0.1) is 13.8 Å². The largest absolute Gasteiger partial charge is 0.423 e. The molecule has 3 nitrogen and oxygen atoms in total. The van der Waals surface area contributed by atoms with Gasteiger partial charge in [0.15, 0.2) is 0 Å². The van der Waals surface area contributed by atoms with E-state index in [1.165, 1.54) is 0 Å². The third-order valence-corrected chi connectivity index (χ3v) is 5.03. The van der Waals surface area contributed by atoms with Crippen LogP contribution in [0.4, 0.5) is 0 Å². The van der Waals surface area contributed by atoms with E-state index < -0.39 is 0 Å². The Morgan fingerprint density at radius 1 is 1.08 bits per heavy atom. The molecule has 1 N–H and O–H groups in total. The van der Waals surface area contributed by atoms with Gasteiger partial charge in [0.2, 0.25) is 0 Å². The van der Waals surface area contributed by atoms with Gasteiger partial charge in [0, 0.05) is 34.1 Å². The number of hydrogen-bond donors (Lipinski definition) is 1. The van der Waals surface area contributed by atoms with Crippen molar-refractivity contribution in [1.82, 2.24) is 5.32 Å². The lowest BCUT2D eigenvalue weighted by molar-refractivity contribution is 0.547. The van der Waals surface area contributed by atoms with Crippen molar-refractivity contribution in [3.63, 3.8) is 0 Å². The number of aryl methyl sites for hydroxylation is 2. The van der Waals surface area contributed by atoms with Gasteiger partial charge in [0.25, 0.3) is 0 Å². The molecule has 0 unspecified atom stereocenters. The number of rotatable bonds is 4. The van der Waals surface area contributed by atoms with E-state index in [1.54, 1.807) is 12.1 Å². The third kappa shape index (κ3) is 3.90. The highest BCUT2D eigenvalue weighted by Gasteiger charge is 2.12. The first-order chi connectivity index (χ1) is 11.8. The van der Waals surface area contributed by atoms with Crippen LogP contribution in [0.1, 0.15) is 35.2 Å². The fraction of sp³-hybridized carbons (Fsp3) is 0.250. The van der Waals surface area contributed by atoms with Gasteiger partial charge in [-0.05, 0) is 67.3 Å². The summed E-state index contributed by atoms with van der Waals surface area (Å²) in [7, 11) is 0. The van der Waals surface area contributed by atoms with Gasteiger partial charge in [-0.2, -0.15) is 0 Å². The van der Waals surface area contributed by atoms with Crippen molar-refractivity contribution < 1.29 is 4.42 Å². The van der Waals surface area contributed by atoms with Crippen molar-refractivity contribution in [3.05, 3.63) is 79.1 Å². The average Bonchev–Trinajstić information content (AvgIpc) is 2.54. The molecule has 1 heterocycles. The summed E-state index contributed by atoms with van der Waals surface area (Å²) in [4.78, 5) is 11.9. The second kappa shape index (κ2) is 7.20.